The maximum atomic E-state index is 12.4. The lowest BCUT2D eigenvalue weighted by molar-refractivity contribution is -0.117. The number of benzene rings is 2. The van der Waals surface area contributed by atoms with Crippen molar-refractivity contribution < 1.29 is 19.1 Å². The van der Waals surface area contributed by atoms with Gasteiger partial charge in [-0.2, -0.15) is 0 Å². The van der Waals surface area contributed by atoms with Crippen molar-refractivity contribution in [3.63, 3.8) is 0 Å². The Morgan fingerprint density at radius 1 is 1.00 bits per heavy atom. The Morgan fingerprint density at radius 2 is 1.77 bits per heavy atom. The molecule has 0 saturated carbocycles. The third kappa shape index (κ3) is 5.13. The molecule has 0 aliphatic rings. The maximum absolute atomic E-state index is 12.4. The Bertz CT molecular complexity index is 1080. The number of fused-ring (bicyclic) bond motifs is 1. The topological polar surface area (TPSA) is 65.0 Å². The van der Waals surface area contributed by atoms with Crippen molar-refractivity contribution in [1.82, 2.24) is 0 Å². The van der Waals surface area contributed by atoms with Gasteiger partial charge in [0.15, 0.2) is 23.1 Å². The van der Waals surface area contributed by atoms with E-state index in [1.165, 1.54) is 11.8 Å². The van der Waals surface area contributed by atoms with Crippen LogP contribution in [0.4, 0.5) is 0 Å². The first-order chi connectivity index (χ1) is 14.5. The zero-order valence-corrected chi connectivity index (χ0v) is 18.3. The molecule has 1 aromatic heterocycles. The van der Waals surface area contributed by atoms with Crippen molar-refractivity contribution in [1.29, 1.82) is 0 Å². The predicted octanol–water partition coefficient (Wildman–Crippen LogP) is 5.35. The molecule has 0 spiro atoms. The van der Waals surface area contributed by atoms with E-state index < -0.39 is 0 Å². The van der Waals surface area contributed by atoms with Crippen LogP contribution in [-0.4, -0.2) is 38.0 Å². The standard InChI is InChI=1S/C24H25NO4S/c1-16(20-15-30-24-10-5-4-8-19(20)24)25-14-18(26)7-6-9-21(27)17-11-12-22(28-2)23(13-17)29-3/h4-5,8,10-13,15H,6-7,9,14H2,1-3H3. The molecular weight excluding hydrogens is 398 g/mol. The summed E-state index contributed by atoms with van der Waals surface area (Å²) in [7, 11) is 3.09. The molecule has 3 aromatic rings. The van der Waals surface area contributed by atoms with Gasteiger partial charge in [-0.25, -0.2) is 0 Å². The van der Waals surface area contributed by atoms with Crippen LogP contribution < -0.4 is 9.47 Å². The molecule has 0 fully saturated rings. The molecule has 6 heteroatoms. The second kappa shape index (κ2) is 10.2. The number of carbonyl (C=O) groups excluding carboxylic acids is 2. The summed E-state index contributed by atoms with van der Waals surface area (Å²) < 4.78 is 11.6. The highest BCUT2D eigenvalue weighted by atomic mass is 32.1. The van der Waals surface area contributed by atoms with Crippen molar-refractivity contribution in [2.24, 2.45) is 4.99 Å². The number of thiophene rings is 1. The molecule has 0 aliphatic heterocycles. The number of methoxy groups -OCH3 is 2. The van der Waals surface area contributed by atoms with Gasteiger partial charge in [-0.3, -0.25) is 14.6 Å². The van der Waals surface area contributed by atoms with Gasteiger partial charge in [0.25, 0.3) is 0 Å². The third-order valence-corrected chi connectivity index (χ3v) is 5.89. The first-order valence-corrected chi connectivity index (χ1v) is 10.7. The van der Waals surface area contributed by atoms with Gasteiger partial charge in [-0.05, 0) is 37.6 Å². The van der Waals surface area contributed by atoms with Gasteiger partial charge in [0.1, 0.15) is 0 Å². The Balaban J connectivity index is 1.51. The molecule has 0 amide bonds. The lowest BCUT2D eigenvalue weighted by atomic mass is 10.0. The van der Waals surface area contributed by atoms with Crippen LogP contribution in [0.3, 0.4) is 0 Å². The average molecular weight is 424 g/mol. The molecule has 0 radical (unpaired) electrons. The van der Waals surface area contributed by atoms with Crippen LogP contribution in [0.15, 0.2) is 52.8 Å². The Kier molecular flexibility index (Phi) is 7.36. The lowest BCUT2D eigenvalue weighted by Gasteiger charge is -2.09. The van der Waals surface area contributed by atoms with E-state index in [1.807, 2.05) is 19.1 Å². The minimum atomic E-state index is -0.0202. The molecule has 0 N–H and O–H groups in total. The van der Waals surface area contributed by atoms with Gasteiger partial charge >= 0.3 is 0 Å². The third-order valence-electron chi connectivity index (χ3n) is 4.93. The van der Waals surface area contributed by atoms with Crippen LogP contribution in [0.2, 0.25) is 0 Å². The molecule has 0 bridgehead atoms. The molecule has 0 atom stereocenters. The second-order valence-electron chi connectivity index (χ2n) is 6.93. The van der Waals surface area contributed by atoms with E-state index in [2.05, 4.69) is 22.5 Å². The first-order valence-electron chi connectivity index (χ1n) is 9.78. The average Bonchev–Trinajstić information content (AvgIpc) is 3.21. The highest BCUT2D eigenvalue weighted by Crippen LogP contribution is 2.28. The number of Topliss-reactive ketones (excluding diaryl/α,β-unsaturated/α-hetero) is 2. The van der Waals surface area contributed by atoms with Crippen LogP contribution in [-0.2, 0) is 4.79 Å². The van der Waals surface area contributed by atoms with E-state index in [-0.39, 0.29) is 18.1 Å². The molecule has 30 heavy (non-hydrogen) atoms. The Morgan fingerprint density at radius 3 is 2.53 bits per heavy atom. The fraction of sp³-hybridized carbons (Fsp3) is 0.292. The second-order valence-corrected chi connectivity index (χ2v) is 7.84. The summed E-state index contributed by atoms with van der Waals surface area (Å²) in [6.07, 6.45) is 1.14. The van der Waals surface area contributed by atoms with Crippen LogP contribution in [0.5, 0.6) is 11.5 Å². The van der Waals surface area contributed by atoms with Gasteiger partial charge in [0.05, 0.1) is 20.8 Å². The quantitative estimate of drug-likeness (QED) is 0.326. The number of ketones is 2. The highest BCUT2D eigenvalue weighted by molar-refractivity contribution is 7.17. The van der Waals surface area contributed by atoms with Gasteiger partial charge in [0.2, 0.25) is 0 Å². The SMILES string of the molecule is COc1ccc(C(=O)CCCC(=O)CN=C(C)c2csc3ccccc23)cc1OC. The molecule has 0 saturated heterocycles. The lowest BCUT2D eigenvalue weighted by Crippen LogP contribution is -2.07. The maximum Gasteiger partial charge on any atom is 0.163 e. The van der Waals surface area contributed by atoms with Crippen molar-refractivity contribution in [3.05, 3.63) is 59.0 Å². The van der Waals surface area contributed by atoms with Gasteiger partial charge in [-0.15, -0.1) is 11.3 Å². The molecule has 2 aromatic carbocycles. The summed E-state index contributed by atoms with van der Waals surface area (Å²) in [5.41, 5.74) is 2.49. The number of ether oxygens (including phenoxy) is 2. The fourth-order valence-electron chi connectivity index (χ4n) is 3.23. The molecule has 0 unspecified atom stereocenters. The number of carbonyl (C=O) groups is 2. The highest BCUT2D eigenvalue weighted by Gasteiger charge is 2.12. The fourth-order valence-corrected chi connectivity index (χ4v) is 4.23. The number of nitrogens with zero attached hydrogens (tertiary/aromatic N) is 1. The zero-order chi connectivity index (χ0) is 21.5. The number of hydrogen-bond donors (Lipinski definition) is 0. The summed E-state index contributed by atoms with van der Waals surface area (Å²) in [4.78, 5) is 29.1. The van der Waals surface area contributed by atoms with Gasteiger partial charge in [0, 0.05) is 45.1 Å². The monoisotopic (exact) mass is 423 g/mol. The zero-order valence-electron chi connectivity index (χ0n) is 17.4. The molecule has 3 rings (SSSR count). The Labute approximate surface area is 180 Å². The van der Waals surface area contributed by atoms with E-state index in [1.54, 1.807) is 36.6 Å². The Hall–Kier alpha value is -2.99. The number of hydrogen-bond acceptors (Lipinski definition) is 6. The normalized spacial score (nSPS) is 11.5. The van der Waals surface area contributed by atoms with Crippen LogP contribution in [0, 0.1) is 0 Å². The largest absolute Gasteiger partial charge is 0.493 e. The van der Waals surface area contributed by atoms with E-state index in [9.17, 15) is 9.59 Å². The minimum Gasteiger partial charge on any atom is -0.493 e. The van der Waals surface area contributed by atoms with E-state index in [0.717, 1.165) is 16.7 Å². The van der Waals surface area contributed by atoms with Crippen molar-refractivity contribution in [2.45, 2.75) is 26.2 Å². The van der Waals surface area contributed by atoms with Crippen molar-refractivity contribution in [2.75, 3.05) is 20.8 Å². The molecule has 0 aliphatic carbocycles. The minimum absolute atomic E-state index is 0.0202. The molecule has 156 valence electrons. The van der Waals surface area contributed by atoms with Gasteiger partial charge < -0.3 is 9.47 Å². The summed E-state index contributed by atoms with van der Waals surface area (Å²) in [5.74, 6) is 1.11. The van der Waals surface area contributed by atoms with E-state index in [4.69, 9.17) is 9.47 Å². The van der Waals surface area contributed by atoms with Gasteiger partial charge in [-0.1, -0.05) is 18.2 Å². The number of aliphatic imine (C=N–C) groups is 1. The summed E-state index contributed by atoms with van der Waals surface area (Å²) in [5, 5.41) is 3.24. The summed E-state index contributed by atoms with van der Waals surface area (Å²) in [6, 6.07) is 13.3. The smallest absolute Gasteiger partial charge is 0.163 e. The van der Waals surface area contributed by atoms with Crippen molar-refractivity contribution in [3.8, 4) is 11.5 Å². The predicted molar refractivity (Wildman–Crippen MR) is 122 cm³/mol. The molecule has 5 nitrogen and oxygen atoms in total. The van der Waals surface area contributed by atoms with Crippen LogP contribution >= 0.6 is 11.3 Å². The first kappa shape index (κ1) is 21.7. The number of rotatable bonds is 10. The molecule has 1 heterocycles. The van der Waals surface area contributed by atoms with Crippen LogP contribution in [0.25, 0.3) is 10.1 Å². The van der Waals surface area contributed by atoms with E-state index >= 15 is 0 Å². The summed E-state index contributed by atoms with van der Waals surface area (Å²) >= 11 is 1.68. The molecular formula is C24H25NO4S. The van der Waals surface area contributed by atoms with Crippen LogP contribution in [0.1, 0.15) is 42.1 Å². The summed E-state index contributed by atoms with van der Waals surface area (Å²) in [6.45, 7) is 2.07. The van der Waals surface area contributed by atoms with E-state index in [0.29, 0.717) is 36.3 Å². The van der Waals surface area contributed by atoms with Crippen molar-refractivity contribution >= 4 is 38.7 Å².